The van der Waals surface area contributed by atoms with Gasteiger partial charge in [0.25, 0.3) is 5.91 Å². The van der Waals surface area contributed by atoms with Crippen molar-refractivity contribution >= 4 is 29.5 Å². The summed E-state index contributed by atoms with van der Waals surface area (Å²) in [7, 11) is 3.95. The molecule has 1 unspecified atom stereocenters. The average Bonchev–Trinajstić information content (AvgIpc) is 3.07. The number of nitrogens with one attached hydrogen (secondary N) is 2. The monoisotopic (exact) mass is 784 g/mol. The fourth-order valence-electron chi connectivity index (χ4n) is 4.33. The summed E-state index contributed by atoms with van der Waals surface area (Å²) in [6, 6.07) is 25.5. The SMILES string of the molecule is CC1CN(Cc2cccc(-c3cccc(CNC(=O)c4cccc(N(C)C)c4)c3)c2)CCN1.O=C(O)C(F)(F)F.O=C(O)C(F)(F)F.O=C(O)C(F)(F)F. The molecule has 298 valence electrons. The van der Waals surface area contributed by atoms with Crippen molar-refractivity contribution in [2.24, 2.45) is 0 Å². The molecule has 3 aromatic carbocycles. The maximum atomic E-state index is 12.7. The van der Waals surface area contributed by atoms with Crippen LogP contribution in [0.3, 0.4) is 0 Å². The van der Waals surface area contributed by atoms with Crippen LogP contribution in [-0.4, -0.2) is 102 Å². The molecule has 0 radical (unpaired) electrons. The number of alkyl halides is 9. The molecule has 1 heterocycles. The average molecular weight is 785 g/mol. The molecule has 0 saturated carbocycles. The van der Waals surface area contributed by atoms with Gasteiger partial charge >= 0.3 is 36.4 Å². The highest BCUT2D eigenvalue weighted by Crippen LogP contribution is 2.23. The van der Waals surface area contributed by atoms with E-state index in [2.05, 4.69) is 71.0 Å². The molecule has 0 spiro atoms. The van der Waals surface area contributed by atoms with E-state index < -0.39 is 36.4 Å². The van der Waals surface area contributed by atoms with Crippen molar-refractivity contribution in [3.8, 4) is 11.1 Å². The van der Waals surface area contributed by atoms with Crippen LogP contribution in [0.5, 0.6) is 0 Å². The molecule has 1 amide bonds. The molecule has 11 nitrogen and oxygen atoms in total. The number of aliphatic carboxylic acids is 3. The molecule has 1 aliphatic rings. The molecular formula is C34H37F9N4O7. The Morgan fingerprint density at radius 1 is 0.741 bits per heavy atom. The minimum atomic E-state index is -5.08. The van der Waals surface area contributed by atoms with Crippen LogP contribution in [0.15, 0.2) is 72.8 Å². The van der Waals surface area contributed by atoms with Crippen LogP contribution in [-0.2, 0) is 27.5 Å². The number of carboxylic acid groups (broad SMARTS) is 3. The first-order valence-corrected chi connectivity index (χ1v) is 15.4. The summed E-state index contributed by atoms with van der Waals surface area (Å²) in [6.07, 6.45) is -15.3. The van der Waals surface area contributed by atoms with Gasteiger partial charge in [-0.15, -0.1) is 0 Å². The summed E-state index contributed by atoms with van der Waals surface area (Å²) < 4.78 is 95.2. The van der Waals surface area contributed by atoms with Crippen LogP contribution >= 0.6 is 0 Å². The van der Waals surface area contributed by atoms with E-state index in [0.29, 0.717) is 18.2 Å². The lowest BCUT2D eigenvalue weighted by Crippen LogP contribution is -2.48. The number of carboxylic acids is 3. The molecule has 5 N–H and O–H groups in total. The summed E-state index contributed by atoms with van der Waals surface area (Å²) in [5.41, 5.74) is 6.49. The van der Waals surface area contributed by atoms with E-state index >= 15 is 0 Å². The van der Waals surface area contributed by atoms with Gasteiger partial charge in [-0.25, -0.2) is 14.4 Å². The first-order chi connectivity index (χ1) is 24.8. The smallest absolute Gasteiger partial charge is 0.475 e. The second-order valence-corrected chi connectivity index (χ2v) is 11.5. The number of piperazine rings is 1. The van der Waals surface area contributed by atoms with Gasteiger partial charge in [0.2, 0.25) is 0 Å². The second-order valence-electron chi connectivity index (χ2n) is 11.5. The molecule has 0 bridgehead atoms. The summed E-state index contributed by atoms with van der Waals surface area (Å²) in [5.74, 6) is -8.33. The standard InChI is InChI=1S/C28H34N4O.3C2HF3O2/c1-21-19-32(14-13-29-21)20-23-8-5-10-25(16-23)24-9-4-7-22(15-24)18-30-28(33)26-11-6-12-27(17-26)31(2)3;3*3-2(4,5)1(6)7/h4-12,15-17,21,29H,13-14,18-20H2,1-3H3,(H,30,33);3*(H,6,7). The van der Waals surface area contributed by atoms with Crippen LogP contribution in [0.4, 0.5) is 45.2 Å². The number of amides is 1. The van der Waals surface area contributed by atoms with E-state index in [9.17, 15) is 44.3 Å². The van der Waals surface area contributed by atoms with Gasteiger partial charge < -0.3 is 30.9 Å². The number of benzene rings is 3. The molecule has 1 saturated heterocycles. The van der Waals surface area contributed by atoms with E-state index in [-0.39, 0.29) is 5.91 Å². The van der Waals surface area contributed by atoms with Crippen molar-refractivity contribution in [3.05, 3.63) is 89.5 Å². The maximum absolute atomic E-state index is 12.7. The fraction of sp³-hybridized carbons (Fsp3) is 0.353. The van der Waals surface area contributed by atoms with Gasteiger partial charge in [0.05, 0.1) is 0 Å². The third-order valence-electron chi connectivity index (χ3n) is 6.85. The molecule has 1 atom stereocenters. The zero-order chi connectivity index (χ0) is 41.4. The molecule has 0 aromatic heterocycles. The van der Waals surface area contributed by atoms with Gasteiger partial charge in [-0.05, 0) is 59.5 Å². The fourth-order valence-corrected chi connectivity index (χ4v) is 4.33. The van der Waals surface area contributed by atoms with Gasteiger partial charge in [0.1, 0.15) is 0 Å². The lowest BCUT2D eigenvalue weighted by atomic mass is 10.0. The third kappa shape index (κ3) is 17.9. The highest BCUT2D eigenvalue weighted by molar-refractivity contribution is 5.95. The number of hydrogen-bond acceptors (Lipinski definition) is 7. The van der Waals surface area contributed by atoms with E-state index in [1.165, 1.54) is 16.7 Å². The summed E-state index contributed by atoms with van der Waals surface area (Å²) in [4.78, 5) is 43.9. The van der Waals surface area contributed by atoms with Crippen LogP contribution in [0, 0.1) is 0 Å². The van der Waals surface area contributed by atoms with Crippen molar-refractivity contribution < 1.29 is 74.0 Å². The number of anilines is 1. The summed E-state index contributed by atoms with van der Waals surface area (Å²) in [6.45, 7) is 6.93. The lowest BCUT2D eigenvalue weighted by molar-refractivity contribution is -0.193. The normalized spacial score (nSPS) is 14.4. The zero-order valence-corrected chi connectivity index (χ0v) is 28.8. The van der Waals surface area contributed by atoms with Crippen molar-refractivity contribution in [1.29, 1.82) is 0 Å². The number of rotatable bonds is 7. The Hall–Kier alpha value is -5.37. The van der Waals surface area contributed by atoms with E-state index in [1.54, 1.807) is 0 Å². The topological polar surface area (TPSA) is 160 Å². The van der Waals surface area contributed by atoms with Gasteiger partial charge in [0.15, 0.2) is 0 Å². The van der Waals surface area contributed by atoms with Crippen LogP contribution < -0.4 is 15.5 Å². The minimum Gasteiger partial charge on any atom is -0.475 e. The third-order valence-corrected chi connectivity index (χ3v) is 6.85. The quantitative estimate of drug-likeness (QED) is 0.179. The maximum Gasteiger partial charge on any atom is 0.490 e. The number of carbonyl (C=O) groups excluding carboxylic acids is 1. The second kappa shape index (κ2) is 20.8. The van der Waals surface area contributed by atoms with E-state index in [0.717, 1.165) is 37.4 Å². The number of nitrogens with zero attached hydrogens (tertiary/aromatic N) is 2. The van der Waals surface area contributed by atoms with Crippen molar-refractivity contribution in [1.82, 2.24) is 15.5 Å². The highest BCUT2D eigenvalue weighted by atomic mass is 19.4. The molecule has 3 aromatic rings. The van der Waals surface area contributed by atoms with E-state index in [1.807, 2.05) is 43.3 Å². The molecule has 20 heteroatoms. The summed E-state index contributed by atoms with van der Waals surface area (Å²) >= 11 is 0. The number of halogens is 9. The number of carbonyl (C=O) groups is 4. The van der Waals surface area contributed by atoms with Crippen LogP contribution in [0.25, 0.3) is 11.1 Å². The first-order valence-electron chi connectivity index (χ1n) is 15.4. The predicted octanol–water partition coefficient (Wildman–Crippen LogP) is 6.04. The van der Waals surface area contributed by atoms with Gasteiger partial charge in [-0.2, -0.15) is 39.5 Å². The predicted molar refractivity (Wildman–Crippen MR) is 178 cm³/mol. The number of hydrogen-bond donors (Lipinski definition) is 5. The van der Waals surface area contributed by atoms with E-state index in [4.69, 9.17) is 29.7 Å². The molecule has 54 heavy (non-hydrogen) atoms. The molecular weight excluding hydrogens is 747 g/mol. The minimum absolute atomic E-state index is 0.0589. The molecule has 1 fully saturated rings. The Kier molecular flexibility index (Phi) is 17.9. The van der Waals surface area contributed by atoms with Crippen molar-refractivity contribution in [2.45, 2.75) is 44.6 Å². The summed E-state index contributed by atoms with van der Waals surface area (Å²) in [5, 5.41) is 27.9. The lowest BCUT2D eigenvalue weighted by Gasteiger charge is -2.31. The Morgan fingerprint density at radius 2 is 1.19 bits per heavy atom. The van der Waals surface area contributed by atoms with Gasteiger partial charge in [-0.1, -0.05) is 42.5 Å². The van der Waals surface area contributed by atoms with Crippen LogP contribution in [0.2, 0.25) is 0 Å². The van der Waals surface area contributed by atoms with Crippen molar-refractivity contribution in [2.75, 3.05) is 38.6 Å². The van der Waals surface area contributed by atoms with Gasteiger partial charge in [0, 0.05) is 64.1 Å². The Bertz CT molecular complexity index is 1640. The molecule has 0 aliphatic carbocycles. The Morgan fingerprint density at radius 3 is 1.63 bits per heavy atom. The largest absolute Gasteiger partial charge is 0.490 e. The Balaban J connectivity index is 0.000000566. The molecule has 4 rings (SSSR count). The van der Waals surface area contributed by atoms with Crippen LogP contribution in [0.1, 0.15) is 28.4 Å². The zero-order valence-electron chi connectivity index (χ0n) is 28.8. The Labute approximate surface area is 303 Å². The van der Waals surface area contributed by atoms with Crippen molar-refractivity contribution in [3.63, 3.8) is 0 Å². The first kappa shape index (κ1) is 46.7. The molecule has 1 aliphatic heterocycles. The highest BCUT2D eigenvalue weighted by Gasteiger charge is 2.39. The van der Waals surface area contributed by atoms with Gasteiger partial charge in [-0.3, -0.25) is 9.69 Å².